The molecule has 0 spiro atoms. The van der Waals surface area contributed by atoms with Gasteiger partial charge in [0.15, 0.2) is 0 Å². The van der Waals surface area contributed by atoms with Gasteiger partial charge in [-0.3, -0.25) is 14.6 Å². The van der Waals surface area contributed by atoms with Gasteiger partial charge in [-0.25, -0.2) is 0 Å². The van der Waals surface area contributed by atoms with Crippen LogP contribution < -0.4 is 10.6 Å². The fraction of sp³-hybridized carbons (Fsp3) is 0.588. The van der Waals surface area contributed by atoms with E-state index < -0.39 is 0 Å². The summed E-state index contributed by atoms with van der Waals surface area (Å²) in [5.74, 6) is -0.0298. The average Bonchev–Trinajstić information content (AvgIpc) is 2.53. The molecule has 3 fully saturated rings. The van der Waals surface area contributed by atoms with E-state index in [0.717, 1.165) is 12.2 Å². The second-order valence-electron chi connectivity index (χ2n) is 6.43. The summed E-state index contributed by atoms with van der Waals surface area (Å²) in [6.07, 6.45) is 0. The predicted octanol–water partition coefficient (Wildman–Crippen LogP) is 1.30. The minimum Gasteiger partial charge on any atom is -0.326 e. The van der Waals surface area contributed by atoms with Gasteiger partial charge in [0.05, 0.1) is 0 Å². The third kappa shape index (κ3) is 3.66. The Hall–Kier alpha value is -1.43. The number of piperazine rings is 3. The van der Waals surface area contributed by atoms with E-state index in [9.17, 15) is 4.79 Å². The van der Waals surface area contributed by atoms with Crippen LogP contribution in [0.5, 0.6) is 0 Å². The number of hydrogen-bond donors (Lipinski definition) is 2. The standard InChI is InChI=1S/C17H26N4O/c1-13(15-4-3-5-16(10-15)19-14(2)22)18-11-17-12-20-6-8-21(17)9-7-20/h3-5,10,13,17-18H,6-9,11-12H2,1-2H3,(H,19,22)/t13-,17-/m1/s1. The molecule has 1 amide bonds. The van der Waals surface area contributed by atoms with Crippen LogP contribution in [0.1, 0.15) is 25.5 Å². The maximum Gasteiger partial charge on any atom is 0.221 e. The third-order valence-corrected chi connectivity index (χ3v) is 4.76. The van der Waals surface area contributed by atoms with Gasteiger partial charge in [-0.05, 0) is 24.6 Å². The maximum atomic E-state index is 11.2. The average molecular weight is 302 g/mol. The van der Waals surface area contributed by atoms with E-state index in [1.165, 1.54) is 45.2 Å². The molecular formula is C17H26N4O. The molecule has 3 aliphatic heterocycles. The highest BCUT2D eigenvalue weighted by Gasteiger charge is 2.31. The van der Waals surface area contributed by atoms with Crippen molar-refractivity contribution in [2.45, 2.75) is 25.9 Å². The molecule has 4 rings (SSSR count). The topological polar surface area (TPSA) is 47.6 Å². The Morgan fingerprint density at radius 2 is 2.09 bits per heavy atom. The number of rotatable bonds is 5. The normalized spacial score (nSPS) is 28.4. The van der Waals surface area contributed by atoms with Crippen LogP contribution in [0.25, 0.3) is 0 Å². The molecular weight excluding hydrogens is 276 g/mol. The number of hydrogen-bond acceptors (Lipinski definition) is 4. The van der Waals surface area contributed by atoms with E-state index in [0.29, 0.717) is 6.04 Å². The SMILES string of the molecule is CC(=O)Nc1cccc([C@@H](C)NC[C@@H]2CN3CCN2CC3)c1. The van der Waals surface area contributed by atoms with Crippen molar-refractivity contribution >= 4 is 11.6 Å². The van der Waals surface area contributed by atoms with Crippen molar-refractivity contribution in [3.63, 3.8) is 0 Å². The zero-order valence-corrected chi connectivity index (χ0v) is 13.5. The summed E-state index contributed by atoms with van der Waals surface area (Å²) in [7, 11) is 0. The minimum atomic E-state index is -0.0298. The zero-order chi connectivity index (χ0) is 15.5. The number of anilines is 1. The van der Waals surface area contributed by atoms with Crippen LogP contribution in [-0.4, -0.2) is 61.0 Å². The highest BCUT2D eigenvalue weighted by Crippen LogP contribution is 2.19. The van der Waals surface area contributed by atoms with E-state index in [2.05, 4.69) is 39.5 Å². The summed E-state index contributed by atoms with van der Waals surface area (Å²) in [5.41, 5.74) is 2.08. The van der Waals surface area contributed by atoms with Crippen LogP contribution >= 0.6 is 0 Å². The Bertz CT molecular complexity index is 525. The summed E-state index contributed by atoms with van der Waals surface area (Å²) >= 11 is 0. The van der Waals surface area contributed by atoms with Crippen LogP contribution in [0.3, 0.4) is 0 Å². The molecule has 2 N–H and O–H groups in total. The van der Waals surface area contributed by atoms with Gasteiger partial charge >= 0.3 is 0 Å². The molecule has 0 aliphatic carbocycles. The largest absolute Gasteiger partial charge is 0.326 e. The van der Waals surface area contributed by atoms with E-state index in [1.54, 1.807) is 0 Å². The summed E-state index contributed by atoms with van der Waals surface area (Å²) < 4.78 is 0. The molecule has 3 saturated heterocycles. The molecule has 0 saturated carbocycles. The number of nitrogens with one attached hydrogen (secondary N) is 2. The third-order valence-electron chi connectivity index (χ3n) is 4.76. The van der Waals surface area contributed by atoms with Gasteiger partial charge in [-0.1, -0.05) is 12.1 Å². The predicted molar refractivity (Wildman–Crippen MR) is 89.0 cm³/mol. The number of benzene rings is 1. The fourth-order valence-corrected chi connectivity index (χ4v) is 3.44. The van der Waals surface area contributed by atoms with Gasteiger partial charge in [-0.15, -0.1) is 0 Å². The van der Waals surface area contributed by atoms with Crippen molar-refractivity contribution in [2.75, 3.05) is 44.6 Å². The van der Waals surface area contributed by atoms with Crippen molar-refractivity contribution < 1.29 is 4.79 Å². The highest BCUT2D eigenvalue weighted by molar-refractivity contribution is 5.88. The second-order valence-corrected chi connectivity index (χ2v) is 6.43. The number of fused-ring (bicyclic) bond motifs is 3. The van der Waals surface area contributed by atoms with Crippen molar-refractivity contribution in [3.05, 3.63) is 29.8 Å². The Morgan fingerprint density at radius 3 is 2.73 bits per heavy atom. The second kappa shape index (κ2) is 6.77. The molecule has 0 radical (unpaired) electrons. The molecule has 1 aromatic rings. The first-order valence-electron chi connectivity index (χ1n) is 8.19. The summed E-state index contributed by atoms with van der Waals surface area (Å²) in [6.45, 7) is 10.8. The molecule has 5 nitrogen and oxygen atoms in total. The van der Waals surface area contributed by atoms with E-state index in [-0.39, 0.29) is 11.9 Å². The Morgan fingerprint density at radius 1 is 1.32 bits per heavy atom. The van der Waals surface area contributed by atoms with Crippen LogP contribution in [0.15, 0.2) is 24.3 Å². The van der Waals surface area contributed by atoms with Crippen molar-refractivity contribution in [2.24, 2.45) is 0 Å². The van der Waals surface area contributed by atoms with Gasteiger partial charge in [0, 0.05) is 64.0 Å². The molecule has 2 atom stereocenters. The van der Waals surface area contributed by atoms with Crippen molar-refractivity contribution in [1.82, 2.24) is 15.1 Å². The van der Waals surface area contributed by atoms with Crippen LogP contribution in [0.4, 0.5) is 5.69 Å². The number of carbonyl (C=O) groups is 1. The van der Waals surface area contributed by atoms with Crippen LogP contribution in [0.2, 0.25) is 0 Å². The van der Waals surface area contributed by atoms with E-state index >= 15 is 0 Å². The Kier molecular flexibility index (Phi) is 4.76. The molecule has 3 heterocycles. The Labute approximate surface area is 132 Å². The summed E-state index contributed by atoms with van der Waals surface area (Å²) in [6, 6.07) is 9.00. The maximum absolute atomic E-state index is 11.2. The zero-order valence-electron chi connectivity index (χ0n) is 13.5. The van der Waals surface area contributed by atoms with E-state index in [1.807, 2.05) is 12.1 Å². The lowest BCUT2D eigenvalue weighted by Crippen LogP contribution is -2.63. The molecule has 3 aliphatic rings. The molecule has 0 aromatic heterocycles. The van der Waals surface area contributed by atoms with Crippen molar-refractivity contribution in [1.29, 1.82) is 0 Å². The van der Waals surface area contributed by atoms with Crippen LogP contribution in [-0.2, 0) is 4.79 Å². The van der Waals surface area contributed by atoms with Crippen molar-refractivity contribution in [3.8, 4) is 0 Å². The first-order chi connectivity index (χ1) is 10.6. The summed E-state index contributed by atoms with van der Waals surface area (Å²) in [5, 5.41) is 6.50. The molecule has 120 valence electrons. The smallest absolute Gasteiger partial charge is 0.221 e. The van der Waals surface area contributed by atoms with E-state index in [4.69, 9.17) is 0 Å². The van der Waals surface area contributed by atoms with Crippen LogP contribution in [0, 0.1) is 0 Å². The molecule has 1 aromatic carbocycles. The molecule has 2 bridgehead atoms. The first-order valence-corrected chi connectivity index (χ1v) is 8.19. The van der Waals surface area contributed by atoms with Gasteiger partial charge in [0.2, 0.25) is 5.91 Å². The lowest BCUT2D eigenvalue weighted by molar-refractivity contribution is -0.114. The monoisotopic (exact) mass is 302 g/mol. The Balaban J connectivity index is 1.55. The molecule has 5 heteroatoms. The summed E-state index contributed by atoms with van der Waals surface area (Å²) in [4.78, 5) is 16.3. The minimum absolute atomic E-state index is 0.0298. The first kappa shape index (κ1) is 15.5. The number of carbonyl (C=O) groups excluding carboxylic acids is 1. The lowest BCUT2D eigenvalue weighted by Gasteiger charge is -2.47. The fourth-order valence-electron chi connectivity index (χ4n) is 3.44. The quantitative estimate of drug-likeness (QED) is 0.861. The lowest BCUT2D eigenvalue weighted by atomic mass is 10.1. The molecule has 22 heavy (non-hydrogen) atoms. The highest BCUT2D eigenvalue weighted by atomic mass is 16.1. The van der Waals surface area contributed by atoms with Gasteiger partial charge in [0.25, 0.3) is 0 Å². The van der Waals surface area contributed by atoms with Gasteiger partial charge in [0.1, 0.15) is 0 Å². The van der Waals surface area contributed by atoms with Gasteiger partial charge < -0.3 is 10.6 Å². The van der Waals surface area contributed by atoms with Gasteiger partial charge in [-0.2, -0.15) is 0 Å². The molecule has 0 unspecified atom stereocenters. The number of amides is 1. The number of nitrogens with zero attached hydrogens (tertiary/aromatic N) is 2.